The predicted octanol–water partition coefficient (Wildman–Crippen LogP) is 0.0188. The molecular formula is C10H17N5O. The highest BCUT2D eigenvalue weighted by atomic mass is 16.2. The molecule has 1 atom stereocenters. The van der Waals surface area contributed by atoms with Gasteiger partial charge in [0.25, 0.3) is 5.91 Å². The first-order valence-corrected chi connectivity index (χ1v) is 5.62. The molecule has 1 aromatic heterocycles. The molecule has 0 radical (unpaired) electrons. The molecule has 1 aliphatic rings. The zero-order valence-electron chi connectivity index (χ0n) is 9.44. The van der Waals surface area contributed by atoms with Crippen LogP contribution in [0.25, 0.3) is 0 Å². The third kappa shape index (κ3) is 2.38. The lowest BCUT2D eigenvalue weighted by atomic mass is 10.1. The quantitative estimate of drug-likeness (QED) is 0.741. The maximum absolute atomic E-state index is 12.0. The van der Waals surface area contributed by atoms with Gasteiger partial charge in [0.2, 0.25) is 5.82 Å². The first-order chi connectivity index (χ1) is 7.79. The highest BCUT2D eigenvalue weighted by molar-refractivity contribution is 5.90. The Kier molecular flexibility index (Phi) is 3.51. The van der Waals surface area contributed by atoms with Gasteiger partial charge in [0.05, 0.1) is 0 Å². The summed E-state index contributed by atoms with van der Waals surface area (Å²) in [7, 11) is 1.83. The van der Waals surface area contributed by atoms with Crippen molar-refractivity contribution in [3.8, 4) is 0 Å². The number of aromatic amines is 1. The molecule has 6 nitrogen and oxygen atoms in total. The number of carbonyl (C=O) groups is 1. The molecule has 2 rings (SSSR count). The SMILES string of the molecule is CN(C(=O)c1ncn[nH]1)C1CCCNCC1. The van der Waals surface area contributed by atoms with Crippen molar-refractivity contribution < 1.29 is 4.79 Å². The molecule has 2 N–H and O–H groups in total. The Morgan fingerprint density at radius 1 is 1.50 bits per heavy atom. The third-order valence-electron chi connectivity index (χ3n) is 3.03. The third-order valence-corrected chi connectivity index (χ3v) is 3.03. The standard InChI is InChI=1S/C10H17N5O/c1-15(8-3-2-5-11-6-4-8)10(16)9-12-7-13-14-9/h7-8,11H,2-6H2,1H3,(H,12,13,14). The number of nitrogens with one attached hydrogen (secondary N) is 2. The smallest absolute Gasteiger partial charge is 0.291 e. The molecule has 0 saturated carbocycles. The number of nitrogens with zero attached hydrogens (tertiary/aromatic N) is 3. The van der Waals surface area contributed by atoms with E-state index in [1.54, 1.807) is 4.90 Å². The van der Waals surface area contributed by atoms with Crippen LogP contribution < -0.4 is 5.32 Å². The molecule has 16 heavy (non-hydrogen) atoms. The second kappa shape index (κ2) is 5.07. The van der Waals surface area contributed by atoms with E-state index >= 15 is 0 Å². The van der Waals surface area contributed by atoms with Crippen molar-refractivity contribution in [3.05, 3.63) is 12.2 Å². The minimum Gasteiger partial charge on any atom is -0.336 e. The molecule has 2 heterocycles. The minimum absolute atomic E-state index is 0.0793. The van der Waals surface area contributed by atoms with Crippen LogP contribution in [0.4, 0.5) is 0 Å². The van der Waals surface area contributed by atoms with E-state index in [0.29, 0.717) is 11.9 Å². The van der Waals surface area contributed by atoms with Crippen LogP contribution in [0, 0.1) is 0 Å². The number of rotatable bonds is 2. The van der Waals surface area contributed by atoms with E-state index in [-0.39, 0.29) is 5.91 Å². The van der Waals surface area contributed by atoms with Gasteiger partial charge >= 0.3 is 0 Å². The highest BCUT2D eigenvalue weighted by Crippen LogP contribution is 2.13. The van der Waals surface area contributed by atoms with Crippen LogP contribution in [-0.4, -0.2) is 52.2 Å². The fourth-order valence-electron chi connectivity index (χ4n) is 2.03. The largest absolute Gasteiger partial charge is 0.336 e. The maximum Gasteiger partial charge on any atom is 0.291 e. The summed E-state index contributed by atoms with van der Waals surface area (Å²) in [6.45, 7) is 2.01. The molecule has 0 spiro atoms. The van der Waals surface area contributed by atoms with Crippen molar-refractivity contribution in [3.63, 3.8) is 0 Å². The number of hydrogen-bond acceptors (Lipinski definition) is 4. The fraction of sp³-hybridized carbons (Fsp3) is 0.700. The Labute approximate surface area is 94.4 Å². The molecule has 1 aromatic rings. The Morgan fingerprint density at radius 2 is 2.38 bits per heavy atom. The van der Waals surface area contributed by atoms with Crippen molar-refractivity contribution >= 4 is 5.91 Å². The van der Waals surface area contributed by atoms with E-state index in [4.69, 9.17) is 0 Å². The van der Waals surface area contributed by atoms with E-state index in [2.05, 4.69) is 20.5 Å². The van der Waals surface area contributed by atoms with Crippen LogP contribution in [0.2, 0.25) is 0 Å². The Hall–Kier alpha value is -1.43. The summed E-state index contributed by atoms with van der Waals surface area (Å²) in [5.74, 6) is 0.240. The van der Waals surface area contributed by atoms with Gasteiger partial charge < -0.3 is 10.2 Å². The van der Waals surface area contributed by atoms with E-state index in [0.717, 1.165) is 32.4 Å². The number of carbonyl (C=O) groups excluding carboxylic acids is 1. The predicted molar refractivity (Wildman–Crippen MR) is 59.0 cm³/mol. The Bertz CT molecular complexity index is 329. The van der Waals surface area contributed by atoms with E-state index in [9.17, 15) is 4.79 Å². The topological polar surface area (TPSA) is 73.9 Å². The zero-order valence-corrected chi connectivity index (χ0v) is 9.44. The van der Waals surface area contributed by atoms with Crippen molar-refractivity contribution in [2.45, 2.75) is 25.3 Å². The first kappa shape index (κ1) is 11.1. The lowest BCUT2D eigenvalue weighted by Crippen LogP contribution is -2.38. The molecule has 6 heteroatoms. The normalized spacial score (nSPS) is 21.4. The van der Waals surface area contributed by atoms with Crippen LogP contribution >= 0.6 is 0 Å². The summed E-state index contributed by atoms with van der Waals surface area (Å²) in [5.41, 5.74) is 0. The second-order valence-corrected chi connectivity index (χ2v) is 4.08. The van der Waals surface area contributed by atoms with Crippen LogP contribution in [0.3, 0.4) is 0 Å². The zero-order chi connectivity index (χ0) is 11.4. The summed E-state index contributed by atoms with van der Waals surface area (Å²) in [6, 6.07) is 0.299. The van der Waals surface area contributed by atoms with Gasteiger partial charge in [0, 0.05) is 13.1 Å². The summed E-state index contributed by atoms with van der Waals surface area (Å²) < 4.78 is 0. The van der Waals surface area contributed by atoms with Gasteiger partial charge in [-0.05, 0) is 32.4 Å². The molecule has 0 bridgehead atoms. The summed E-state index contributed by atoms with van der Waals surface area (Å²) in [6.07, 6.45) is 4.51. The van der Waals surface area contributed by atoms with Crippen molar-refractivity contribution in [2.75, 3.05) is 20.1 Å². The van der Waals surface area contributed by atoms with Crippen LogP contribution in [0.1, 0.15) is 29.9 Å². The van der Waals surface area contributed by atoms with E-state index in [1.165, 1.54) is 6.33 Å². The Balaban J connectivity index is 2.00. The highest BCUT2D eigenvalue weighted by Gasteiger charge is 2.23. The monoisotopic (exact) mass is 223 g/mol. The van der Waals surface area contributed by atoms with Crippen molar-refractivity contribution in [1.29, 1.82) is 0 Å². The van der Waals surface area contributed by atoms with Gasteiger partial charge in [-0.15, -0.1) is 0 Å². The number of amides is 1. The van der Waals surface area contributed by atoms with Crippen molar-refractivity contribution in [2.24, 2.45) is 0 Å². The lowest BCUT2D eigenvalue weighted by Gasteiger charge is -2.25. The molecule has 0 aliphatic carbocycles. The van der Waals surface area contributed by atoms with Crippen LogP contribution in [0.5, 0.6) is 0 Å². The number of H-pyrrole nitrogens is 1. The fourth-order valence-corrected chi connectivity index (χ4v) is 2.03. The molecule has 1 amide bonds. The van der Waals surface area contributed by atoms with Gasteiger partial charge in [-0.2, -0.15) is 5.10 Å². The minimum atomic E-state index is -0.0793. The average Bonchev–Trinajstić information content (AvgIpc) is 2.70. The molecule has 88 valence electrons. The van der Waals surface area contributed by atoms with Crippen molar-refractivity contribution in [1.82, 2.24) is 25.4 Å². The van der Waals surface area contributed by atoms with E-state index < -0.39 is 0 Å². The summed E-state index contributed by atoms with van der Waals surface area (Å²) in [4.78, 5) is 17.6. The molecular weight excluding hydrogens is 206 g/mol. The number of aromatic nitrogens is 3. The van der Waals surface area contributed by atoms with Gasteiger partial charge in [0.15, 0.2) is 0 Å². The molecule has 1 fully saturated rings. The van der Waals surface area contributed by atoms with Crippen LogP contribution in [-0.2, 0) is 0 Å². The number of hydrogen-bond donors (Lipinski definition) is 2. The molecule has 1 unspecified atom stereocenters. The molecule has 1 saturated heterocycles. The molecule has 0 aromatic carbocycles. The first-order valence-electron chi connectivity index (χ1n) is 5.62. The lowest BCUT2D eigenvalue weighted by molar-refractivity contribution is 0.0708. The second-order valence-electron chi connectivity index (χ2n) is 4.08. The van der Waals surface area contributed by atoms with Crippen LogP contribution in [0.15, 0.2) is 6.33 Å². The van der Waals surface area contributed by atoms with E-state index in [1.807, 2.05) is 7.05 Å². The summed E-state index contributed by atoms with van der Waals surface area (Å²) in [5, 5.41) is 9.63. The van der Waals surface area contributed by atoms with Gasteiger partial charge in [-0.25, -0.2) is 4.98 Å². The summed E-state index contributed by atoms with van der Waals surface area (Å²) >= 11 is 0. The van der Waals surface area contributed by atoms with Gasteiger partial charge in [-0.3, -0.25) is 9.89 Å². The average molecular weight is 223 g/mol. The maximum atomic E-state index is 12.0. The Morgan fingerprint density at radius 3 is 3.12 bits per heavy atom. The molecule has 1 aliphatic heterocycles. The van der Waals surface area contributed by atoms with Gasteiger partial charge in [0.1, 0.15) is 6.33 Å². The van der Waals surface area contributed by atoms with Gasteiger partial charge in [-0.1, -0.05) is 0 Å².